The molecule has 6 nitrogen and oxygen atoms in total. The van der Waals surface area contributed by atoms with Crippen molar-refractivity contribution in [1.29, 1.82) is 0 Å². The zero-order valence-electron chi connectivity index (χ0n) is 16.5. The Hall–Kier alpha value is -1.40. The molecule has 2 fully saturated rings. The first-order chi connectivity index (χ1) is 12.6. The van der Waals surface area contributed by atoms with Crippen LogP contribution >= 0.6 is 0 Å². The minimum atomic E-state index is 0.0260. The van der Waals surface area contributed by atoms with E-state index in [1.165, 1.54) is 45.2 Å². The van der Waals surface area contributed by atoms with Crippen molar-refractivity contribution >= 4 is 5.91 Å². The van der Waals surface area contributed by atoms with Crippen molar-refractivity contribution in [3.8, 4) is 0 Å². The number of rotatable bonds is 7. The van der Waals surface area contributed by atoms with Gasteiger partial charge in [-0.1, -0.05) is 20.3 Å². The lowest BCUT2D eigenvalue weighted by Crippen LogP contribution is -2.52. The average Bonchev–Trinajstić information content (AvgIpc) is 3.15. The lowest BCUT2D eigenvalue weighted by atomic mass is 9.83. The van der Waals surface area contributed by atoms with Gasteiger partial charge in [-0.3, -0.25) is 9.89 Å². The van der Waals surface area contributed by atoms with E-state index in [1.54, 1.807) is 7.11 Å². The summed E-state index contributed by atoms with van der Waals surface area (Å²) in [5.41, 5.74) is 1.54. The minimum Gasteiger partial charge on any atom is -0.383 e. The summed E-state index contributed by atoms with van der Waals surface area (Å²) in [4.78, 5) is 17.7. The second-order valence-electron chi connectivity index (χ2n) is 8.11. The van der Waals surface area contributed by atoms with Crippen LogP contribution in [0.1, 0.15) is 68.1 Å². The fraction of sp³-hybridized carbons (Fsp3) is 0.800. The molecular weight excluding hydrogens is 328 g/mol. The molecule has 3 rings (SSSR count). The van der Waals surface area contributed by atoms with Crippen LogP contribution in [-0.2, 0) is 4.74 Å². The molecule has 0 bridgehead atoms. The molecule has 0 aromatic carbocycles. The first-order valence-electron chi connectivity index (χ1n) is 10.2. The number of piperidine rings is 2. The Labute approximate surface area is 157 Å². The van der Waals surface area contributed by atoms with Gasteiger partial charge in [-0.25, -0.2) is 0 Å². The normalized spacial score (nSPS) is 23.8. The Morgan fingerprint density at radius 2 is 2.15 bits per heavy atom. The molecule has 1 N–H and O–H groups in total. The smallest absolute Gasteiger partial charge is 0.274 e. The van der Waals surface area contributed by atoms with Crippen molar-refractivity contribution < 1.29 is 9.53 Å². The van der Waals surface area contributed by atoms with Gasteiger partial charge in [0.2, 0.25) is 0 Å². The van der Waals surface area contributed by atoms with Gasteiger partial charge in [-0.2, -0.15) is 5.10 Å². The highest BCUT2D eigenvalue weighted by Crippen LogP contribution is 2.31. The largest absolute Gasteiger partial charge is 0.383 e. The summed E-state index contributed by atoms with van der Waals surface area (Å²) in [6.07, 6.45) is 6.38. The summed E-state index contributed by atoms with van der Waals surface area (Å²) in [7, 11) is 1.69. The van der Waals surface area contributed by atoms with Crippen LogP contribution in [-0.4, -0.2) is 71.8 Å². The van der Waals surface area contributed by atoms with Crippen molar-refractivity contribution in [2.75, 3.05) is 39.9 Å². The van der Waals surface area contributed by atoms with Crippen LogP contribution in [0.5, 0.6) is 0 Å². The number of carbonyl (C=O) groups is 1. The number of hydrogen-bond donors (Lipinski definition) is 1. The van der Waals surface area contributed by atoms with E-state index in [0.717, 1.165) is 12.2 Å². The highest BCUT2D eigenvalue weighted by Gasteiger charge is 2.35. The molecule has 2 aliphatic heterocycles. The van der Waals surface area contributed by atoms with Crippen LogP contribution < -0.4 is 0 Å². The Morgan fingerprint density at radius 3 is 2.88 bits per heavy atom. The van der Waals surface area contributed by atoms with Gasteiger partial charge in [0.1, 0.15) is 5.69 Å². The van der Waals surface area contributed by atoms with E-state index in [4.69, 9.17) is 4.74 Å². The second-order valence-corrected chi connectivity index (χ2v) is 8.11. The number of hydrogen-bond acceptors (Lipinski definition) is 4. The Balaban J connectivity index is 1.71. The van der Waals surface area contributed by atoms with Gasteiger partial charge >= 0.3 is 0 Å². The number of aromatic amines is 1. The molecule has 26 heavy (non-hydrogen) atoms. The zero-order valence-corrected chi connectivity index (χ0v) is 16.5. The molecule has 2 aliphatic rings. The van der Waals surface area contributed by atoms with E-state index in [0.29, 0.717) is 36.7 Å². The number of carbonyl (C=O) groups excluding carboxylic acids is 1. The summed E-state index contributed by atoms with van der Waals surface area (Å²) in [6, 6.07) is 2.54. The SMILES string of the molecule is COCCN(C[C@@H]1CCCN2CCCC[C@@H]12)C(=O)c1cc(C(C)C)[nH]n1. The average molecular weight is 363 g/mol. The Bertz CT molecular complexity index is 584. The van der Waals surface area contributed by atoms with Gasteiger partial charge in [-0.05, 0) is 56.7 Å². The maximum Gasteiger partial charge on any atom is 0.274 e. The van der Waals surface area contributed by atoms with Crippen LogP contribution in [0.4, 0.5) is 0 Å². The number of methoxy groups -OCH3 is 1. The second kappa shape index (κ2) is 9.00. The van der Waals surface area contributed by atoms with E-state index in [-0.39, 0.29) is 5.91 Å². The number of nitrogens with zero attached hydrogens (tertiary/aromatic N) is 3. The summed E-state index contributed by atoms with van der Waals surface area (Å²) < 4.78 is 5.27. The molecule has 0 unspecified atom stereocenters. The summed E-state index contributed by atoms with van der Waals surface area (Å²) >= 11 is 0. The van der Waals surface area contributed by atoms with Crippen molar-refractivity contribution in [1.82, 2.24) is 20.0 Å². The van der Waals surface area contributed by atoms with Crippen LogP contribution in [0.15, 0.2) is 6.07 Å². The fourth-order valence-corrected chi connectivity index (χ4v) is 4.45. The molecule has 1 amide bonds. The van der Waals surface area contributed by atoms with Gasteiger partial charge in [0.05, 0.1) is 6.61 Å². The maximum absolute atomic E-state index is 13.1. The van der Waals surface area contributed by atoms with E-state index in [1.807, 2.05) is 11.0 Å². The summed E-state index contributed by atoms with van der Waals surface area (Å²) in [5, 5.41) is 7.28. The lowest BCUT2D eigenvalue weighted by Gasteiger charge is -2.45. The molecule has 3 heterocycles. The number of aromatic nitrogens is 2. The lowest BCUT2D eigenvalue weighted by molar-refractivity contribution is 0.0313. The molecule has 0 spiro atoms. The summed E-state index contributed by atoms with van der Waals surface area (Å²) in [5.74, 6) is 0.928. The number of H-pyrrole nitrogens is 1. The molecule has 0 radical (unpaired) electrons. The Kier molecular flexibility index (Phi) is 6.70. The quantitative estimate of drug-likeness (QED) is 0.810. The van der Waals surface area contributed by atoms with Gasteiger partial charge in [0.25, 0.3) is 5.91 Å². The topological polar surface area (TPSA) is 61.5 Å². The third kappa shape index (κ3) is 4.46. The number of nitrogens with one attached hydrogen (secondary N) is 1. The molecule has 1 aromatic rings. The molecule has 0 saturated carbocycles. The third-order valence-electron chi connectivity index (χ3n) is 5.97. The first kappa shape index (κ1) is 19.4. The number of fused-ring (bicyclic) bond motifs is 1. The molecule has 6 heteroatoms. The Morgan fingerprint density at radius 1 is 1.35 bits per heavy atom. The fourth-order valence-electron chi connectivity index (χ4n) is 4.45. The number of ether oxygens (including phenoxy) is 1. The van der Waals surface area contributed by atoms with Crippen molar-refractivity contribution in [3.63, 3.8) is 0 Å². The molecule has 1 aromatic heterocycles. The molecular formula is C20H34N4O2. The first-order valence-corrected chi connectivity index (χ1v) is 10.2. The summed E-state index contributed by atoms with van der Waals surface area (Å²) in [6.45, 7) is 8.66. The monoisotopic (exact) mass is 362 g/mol. The standard InChI is InChI=1S/C20H34N4O2/c1-15(2)17-13-18(22-21-17)20(25)24(11-12-26-3)14-16-7-6-10-23-9-5-4-8-19(16)23/h13,15-16,19H,4-12,14H2,1-3H3,(H,21,22)/t16-,19-/m0/s1. The highest BCUT2D eigenvalue weighted by atomic mass is 16.5. The van der Waals surface area contributed by atoms with Crippen LogP contribution in [0.25, 0.3) is 0 Å². The number of amides is 1. The highest BCUT2D eigenvalue weighted by molar-refractivity contribution is 5.92. The van der Waals surface area contributed by atoms with Crippen LogP contribution in [0, 0.1) is 5.92 Å². The van der Waals surface area contributed by atoms with Crippen LogP contribution in [0.3, 0.4) is 0 Å². The predicted molar refractivity (Wildman–Crippen MR) is 102 cm³/mol. The molecule has 0 aliphatic carbocycles. The van der Waals surface area contributed by atoms with E-state index in [9.17, 15) is 4.79 Å². The van der Waals surface area contributed by atoms with Crippen molar-refractivity contribution in [2.45, 2.75) is 57.9 Å². The van der Waals surface area contributed by atoms with Gasteiger partial charge in [0, 0.05) is 31.9 Å². The van der Waals surface area contributed by atoms with Gasteiger partial charge in [-0.15, -0.1) is 0 Å². The minimum absolute atomic E-state index is 0.0260. The van der Waals surface area contributed by atoms with E-state index in [2.05, 4.69) is 28.9 Å². The predicted octanol–water partition coefficient (Wildman–Crippen LogP) is 2.89. The van der Waals surface area contributed by atoms with E-state index >= 15 is 0 Å². The maximum atomic E-state index is 13.1. The van der Waals surface area contributed by atoms with Crippen LogP contribution in [0.2, 0.25) is 0 Å². The van der Waals surface area contributed by atoms with Gasteiger partial charge < -0.3 is 14.5 Å². The molecule has 146 valence electrons. The van der Waals surface area contributed by atoms with E-state index < -0.39 is 0 Å². The third-order valence-corrected chi connectivity index (χ3v) is 5.97. The van der Waals surface area contributed by atoms with Crippen molar-refractivity contribution in [3.05, 3.63) is 17.5 Å². The van der Waals surface area contributed by atoms with Crippen molar-refractivity contribution in [2.24, 2.45) is 5.92 Å². The zero-order chi connectivity index (χ0) is 18.5. The molecule has 2 saturated heterocycles. The molecule has 2 atom stereocenters. The van der Waals surface area contributed by atoms with Gasteiger partial charge in [0.15, 0.2) is 0 Å².